The summed E-state index contributed by atoms with van der Waals surface area (Å²) in [6.07, 6.45) is 0.956. The lowest BCUT2D eigenvalue weighted by Gasteiger charge is -2.05. The molecule has 3 rings (SSSR count). The third-order valence-electron chi connectivity index (χ3n) is 3.63. The van der Waals surface area contributed by atoms with Gasteiger partial charge < -0.3 is 5.32 Å². The van der Waals surface area contributed by atoms with Crippen molar-refractivity contribution >= 4 is 11.6 Å². The minimum atomic E-state index is 0.700. The molecular formula is C18H19ClN4. The van der Waals surface area contributed by atoms with Gasteiger partial charge in [0.25, 0.3) is 0 Å². The minimum Gasteiger partial charge on any atom is -0.311 e. The van der Waals surface area contributed by atoms with Crippen molar-refractivity contribution in [1.82, 2.24) is 20.3 Å². The Morgan fingerprint density at radius 1 is 1.00 bits per heavy atom. The van der Waals surface area contributed by atoms with Gasteiger partial charge in [0.2, 0.25) is 0 Å². The molecule has 0 aliphatic heterocycles. The molecule has 0 atom stereocenters. The van der Waals surface area contributed by atoms with Gasteiger partial charge in [-0.05, 0) is 30.7 Å². The lowest BCUT2D eigenvalue weighted by Crippen LogP contribution is -2.17. The summed E-state index contributed by atoms with van der Waals surface area (Å²) in [5, 5.41) is 13.2. The number of nitrogens with zero attached hydrogens (tertiary/aromatic N) is 3. The maximum Gasteiger partial charge on any atom is 0.117 e. The maximum absolute atomic E-state index is 5.90. The van der Waals surface area contributed by atoms with Crippen LogP contribution in [0.3, 0.4) is 0 Å². The van der Waals surface area contributed by atoms with Crippen molar-refractivity contribution in [2.24, 2.45) is 7.05 Å². The quantitative estimate of drug-likeness (QED) is 0.705. The molecule has 0 saturated carbocycles. The number of benzene rings is 2. The van der Waals surface area contributed by atoms with E-state index in [2.05, 4.69) is 39.8 Å². The fourth-order valence-electron chi connectivity index (χ4n) is 2.48. The van der Waals surface area contributed by atoms with Crippen molar-refractivity contribution in [2.75, 3.05) is 6.54 Å². The maximum atomic E-state index is 5.90. The second-order valence-corrected chi connectivity index (χ2v) is 5.84. The van der Waals surface area contributed by atoms with E-state index in [0.717, 1.165) is 34.9 Å². The van der Waals surface area contributed by atoms with Crippen molar-refractivity contribution in [3.05, 3.63) is 70.9 Å². The van der Waals surface area contributed by atoms with Gasteiger partial charge in [0, 0.05) is 24.2 Å². The van der Waals surface area contributed by atoms with Crippen LogP contribution in [0, 0.1) is 0 Å². The lowest BCUT2D eigenvalue weighted by atomic mass is 10.1. The highest BCUT2D eigenvalue weighted by molar-refractivity contribution is 6.30. The molecule has 23 heavy (non-hydrogen) atoms. The lowest BCUT2D eigenvalue weighted by molar-refractivity contribution is 0.623. The first-order valence-electron chi connectivity index (χ1n) is 7.63. The van der Waals surface area contributed by atoms with E-state index in [0.29, 0.717) is 6.54 Å². The summed E-state index contributed by atoms with van der Waals surface area (Å²) in [7, 11) is 1.85. The number of aryl methyl sites for hydroxylation is 1. The van der Waals surface area contributed by atoms with Crippen LogP contribution in [0.4, 0.5) is 0 Å². The zero-order chi connectivity index (χ0) is 16.1. The van der Waals surface area contributed by atoms with Gasteiger partial charge in [0.15, 0.2) is 0 Å². The van der Waals surface area contributed by atoms with E-state index < -0.39 is 0 Å². The van der Waals surface area contributed by atoms with Crippen LogP contribution in [-0.2, 0) is 20.0 Å². The Morgan fingerprint density at radius 3 is 2.48 bits per heavy atom. The van der Waals surface area contributed by atoms with Gasteiger partial charge in [-0.2, -0.15) is 15.0 Å². The van der Waals surface area contributed by atoms with Crippen molar-refractivity contribution in [3.8, 4) is 11.3 Å². The number of nitrogens with one attached hydrogen (secondary N) is 1. The molecule has 0 saturated heterocycles. The van der Waals surface area contributed by atoms with Crippen molar-refractivity contribution in [3.63, 3.8) is 0 Å². The highest BCUT2D eigenvalue weighted by Crippen LogP contribution is 2.19. The molecule has 0 aliphatic carbocycles. The molecule has 0 fully saturated rings. The van der Waals surface area contributed by atoms with Crippen LogP contribution in [0.5, 0.6) is 0 Å². The molecule has 0 radical (unpaired) electrons. The Morgan fingerprint density at radius 2 is 1.74 bits per heavy atom. The van der Waals surface area contributed by atoms with E-state index in [1.54, 1.807) is 4.80 Å². The van der Waals surface area contributed by atoms with Gasteiger partial charge in [-0.25, -0.2) is 0 Å². The Hall–Kier alpha value is -2.17. The van der Waals surface area contributed by atoms with Crippen molar-refractivity contribution in [1.29, 1.82) is 0 Å². The predicted molar refractivity (Wildman–Crippen MR) is 93.3 cm³/mol. The highest BCUT2D eigenvalue weighted by atomic mass is 35.5. The standard InChI is InChI=1S/C18H19ClN4/c1-23-21-17(18(22-23)15-5-3-2-4-6-15)13-20-12-11-14-7-9-16(19)10-8-14/h2-10,20H,11-13H2,1H3. The number of hydrogen-bond donors (Lipinski definition) is 1. The van der Waals surface area contributed by atoms with Gasteiger partial charge >= 0.3 is 0 Å². The zero-order valence-corrected chi connectivity index (χ0v) is 13.8. The minimum absolute atomic E-state index is 0.700. The monoisotopic (exact) mass is 326 g/mol. The molecule has 0 spiro atoms. The first-order chi connectivity index (χ1) is 11.2. The normalized spacial score (nSPS) is 10.9. The molecule has 118 valence electrons. The van der Waals surface area contributed by atoms with E-state index >= 15 is 0 Å². The Labute approximate surface area is 141 Å². The molecule has 0 bridgehead atoms. The first kappa shape index (κ1) is 15.7. The summed E-state index contributed by atoms with van der Waals surface area (Å²) in [5.41, 5.74) is 4.27. The molecule has 1 N–H and O–H groups in total. The van der Waals surface area contributed by atoms with Crippen LogP contribution >= 0.6 is 11.6 Å². The fraction of sp³-hybridized carbons (Fsp3) is 0.222. The number of aromatic nitrogens is 3. The van der Waals surface area contributed by atoms with Gasteiger partial charge in [-0.1, -0.05) is 54.1 Å². The summed E-state index contributed by atoms with van der Waals surface area (Å²) in [6.45, 7) is 1.58. The first-order valence-corrected chi connectivity index (χ1v) is 8.01. The number of halogens is 1. The van der Waals surface area contributed by atoms with Crippen LogP contribution < -0.4 is 5.32 Å². The SMILES string of the molecule is Cn1nc(CNCCc2ccc(Cl)cc2)c(-c2ccccc2)n1. The number of hydrogen-bond acceptors (Lipinski definition) is 3. The van der Waals surface area contributed by atoms with Gasteiger partial charge in [0.1, 0.15) is 11.4 Å². The molecule has 1 aromatic heterocycles. The zero-order valence-electron chi connectivity index (χ0n) is 13.0. The fourth-order valence-corrected chi connectivity index (χ4v) is 2.60. The molecule has 2 aromatic carbocycles. The van der Waals surface area contributed by atoms with Crippen molar-refractivity contribution < 1.29 is 0 Å². The van der Waals surface area contributed by atoms with Crippen LogP contribution in [0.25, 0.3) is 11.3 Å². The average Bonchev–Trinajstić information content (AvgIpc) is 2.95. The van der Waals surface area contributed by atoms with E-state index in [1.807, 2.05) is 37.4 Å². The topological polar surface area (TPSA) is 42.7 Å². The number of rotatable bonds is 6. The summed E-state index contributed by atoms with van der Waals surface area (Å²) in [4.78, 5) is 1.62. The van der Waals surface area contributed by atoms with Crippen LogP contribution in [-0.4, -0.2) is 21.5 Å². The molecule has 3 aromatic rings. The Balaban J connectivity index is 1.59. The van der Waals surface area contributed by atoms with Crippen LogP contribution in [0.1, 0.15) is 11.3 Å². The Kier molecular flexibility index (Phi) is 5.05. The van der Waals surface area contributed by atoms with E-state index in [-0.39, 0.29) is 0 Å². The predicted octanol–water partition coefficient (Wildman–Crippen LogP) is 3.47. The van der Waals surface area contributed by atoms with Gasteiger partial charge in [0.05, 0.1) is 0 Å². The molecule has 4 nitrogen and oxygen atoms in total. The molecule has 1 heterocycles. The van der Waals surface area contributed by atoms with Gasteiger partial charge in [-0.15, -0.1) is 0 Å². The molecular weight excluding hydrogens is 308 g/mol. The highest BCUT2D eigenvalue weighted by Gasteiger charge is 2.11. The summed E-state index contributed by atoms with van der Waals surface area (Å²) in [5.74, 6) is 0. The molecule has 5 heteroatoms. The second kappa shape index (κ2) is 7.40. The summed E-state index contributed by atoms with van der Waals surface area (Å²) < 4.78 is 0. The van der Waals surface area contributed by atoms with E-state index in [9.17, 15) is 0 Å². The Bertz CT molecular complexity index is 750. The molecule has 0 amide bonds. The second-order valence-electron chi connectivity index (χ2n) is 5.40. The summed E-state index contributed by atoms with van der Waals surface area (Å²) in [6, 6.07) is 18.1. The largest absolute Gasteiger partial charge is 0.311 e. The van der Waals surface area contributed by atoms with Gasteiger partial charge in [-0.3, -0.25) is 0 Å². The average molecular weight is 327 g/mol. The third kappa shape index (κ3) is 4.18. The third-order valence-corrected chi connectivity index (χ3v) is 3.88. The van der Waals surface area contributed by atoms with E-state index in [1.165, 1.54) is 5.56 Å². The molecule has 0 aliphatic rings. The van der Waals surface area contributed by atoms with Crippen LogP contribution in [0.2, 0.25) is 5.02 Å². The smallest absolute Gasteiger partial charge is 0.117 e. The summed E-state index contributed by atoms with van der Waals surface area (Å²) >= 11 is 5.90. The van der Waals surface area contributed by atoms with Crippen molar-refractivity contribution in [2.45, 2.75) is 13.0 Å². The van der Waals surface area contributed by atoms with E-state index in [4.69, 9.17) is 11.6 Å². The molecule has 0 unspecified atom stereocenters. The van der Waals surface area contributed by atoms with Crippen LogP contribution in [0.15, 0.2) is 54.6 Å².